The van der Waals surface area contributed by atoms with Crippen LogP contribution < -0.4 is 15.9 Å². The maximum absolute atomic E-state index is 11.9. The largest absolute Gasteiger partial charge is 0.508 e. The van der Waals surface area contributed by atoms with E-state index >= 15 is 0 Å². The van der Waals surface area contributed by atoms with E-state index in [2.05, 4.69) is 121 Å². The summed E-state index contributed by atoms with van der Waals surface area (Å²) in [5, 5.41) is 43.4. The number of hydrogen-bond donors (Lipinski definition) is 3. The first-order chi connectivity index (χ1) is 23.9. The minimum absolute atomic E-state index is 0.0298. The van der Waals surface area contributed by atoms with E-state index in [1.165, 1.54) is 10.8 Å². The first-order valence-electron chi connectivity index (χ1n) is 16.6. The van der Waals surface area contributed by atoms with Crippen LogP contribution in [0.4, 0.5) is 0 Å². The first kappa shape index (κ1) is 28.9. The van der Waals surface area contributed by atoms with Crippen molar-refractivity contribution >= 4 is 56.8 Å². The van der Waals surface area contributed by atoms with Gasteiger partial charge in [0.15, 0.2) is 11.5 Å². The van der Waals surface area contributed by atoms with Gasteiger partial charge < -0.3 is 15.3 Å². The zero-order valence-electron chi connectivity index (χ0n) is 26.9. The normalized spacial score (nSPS) is 12.7. The molecule has 0 bridgehead atoms. The van der Waals surface area contributed by atoms with E-state index in [1.807, 2.05) is 24.3 Å². The van der Waals surface area contributed by atoms with Crippen molar-refractivity contribution < 1.29 is 15.3 Å². The molecular formula is C45H31BO3. The monoisotopic (exact) mass is 630 g/mol. The third-order valence-electron chi connectivity index (χ3n) is 10.2. The van der Waals surface area contributed by atoms with Crippen LogP contribution in [0.3, 0.4) is 0 Å². The van der Waals surface area contributed by atoms with Gasteiger partial charge in [-0.2, -0.15) is 0 Å². The van der Waals surface area contributed by atoms with E-state index in [1.54, 1.807) is 7.85 Å². The molecule has 4 heteroatoms. The highest BCUT2D eigenvalue weighted by Gasteiger charge is 2.28. The second-order valence-electron chi connectivity index (χ2n) is 13.0. The third kappa shape index (κ3) is 4.68. The van der Waals surface area contributed by atoms with E-state index in [0.29, 0.717) is 17.5 Å². The first-order valence-corrected chi connectivity index (χ1v) is 16.6. The summed E-state index contributed by atoms with van der Waals surface area (Å²) in [5.74, 6) is -0.531. The molecule has 0 saturated carbocycles. The number of phenolic OH excluding ortho intramolecular Hbond substituents is 3. The third-order valence-corrected chi connectivity index (χ3v) is 10.2. The summed E-state index contributed by atoms with van der Waals surface area (Å²) in [4.78, 5) is 0. The highest BCUT2D eigenvalue weighted by molar-refractivity contribution is 6.37. The summed E-state index contributed by atoms with van der Waals surface area (Å²) in [5.41, 5.74) is 7.20. The molecule has 0 atom stereocenters. The Balaban J connectivity index is 1.45. The van der Waals surface area contributed by atoms with Gasteiger partial charge in [-0.15, -0.1) is 0 Å². The van der Waals surface area contributed by atoms with Crippen molar-refractivity contribution in [1.82, 2.24) is 0 Å². The Morgan fingerprint density at radius 3 is 1.49 bits per heavy atom. The molecule has 3 N–H and O–H groups in total. The second kappa shape index (κ2) is 11.2. The quantitative estimate of drug-likeness (QED) is 0.110. The molecule has 1 aliphatic rings. The maximum atomic E-state index is 11.9. The Labute approximate surface area is 284 Å². The minimum Gasteiger partial charge on any atom is -0.508 e. The predicted octanol–water partition coefficient (Wildman–Crippen LogP) is 7.19. The van der Waals surface area contributed by atoms with Gasteiger partial charge in [0, 0.05) is 23.1 Å². The van der Waals surface area contributed by atoms with Crippen molar-refractivity contribution in [3.05, 3.63) is 178 Å². The molecule has 0 aliphatic heterocycles. The number of rotatable bonds is 3. The molecule has 1 aliphatic carbocycles. The molecule has 0 amide bonds. The minimum atomic E-state index is -0.296. The molecule has 49 heavy (non-hydrogen) atoms. The zero-order chi connectivity index (χ0) is 33.2. The molecular weight excluding hydrogens is 599 g/mol. The Hall–Kier alpha value is -6.26. The topological polar surface area (TPSA) is 60.7 Å². The van der Waals surface area contributed by atoms with Crippen molar-refractivity contribution in [2.75, 3.05) is 0 Å². The molecule has 0 heterocycles. The molecule has 0 saturated heterocycles. The number of phenols is 3. The van der Waals surface area contributed by atoms with E-state index in [0.717, 1.165) is 65.4 Å². The maximum Gasteiger partial charge on any atom is 0.161 e. The SMILES string of the molecule is Bc1c(O)c(O)c2c(c1O)C(c1ccc3ccccc3c1)=c1ccc(-c3ccc4ccccc4c3)cc1=C(c1ccc3ccccc3c1)C2. The van der Waals surface area contributed by atoms with Crippen LogP contribution in [0.1, 0.15) is 22.3 Å². The summed E-state index contributed by atoms with van der Waals surface area (Å²) in [6, 6.07) is 50.8. The fourth-order valence-electron chi connectivity index (χ4n) is 7.57. The summed E-state index contributed by atoms with van der Waals surface area (Å²) in [6.07, 6.45) is 0.298. The van der Waals surface area contributed by atoms with Crippen molar-refractivity contribution in [3.63, 3.8) is 0 Å². The molecule has 8 aromatic rings. The summed E-state index contributed by atoms with van der Waals surface area (Å²) in [6.45, 7) is 0. The number of fused-ring (bicyclic) bond motifs is 5. The molecule has 8 aromatic carbocycles. The molecule has 0 radical (unpaired) electrons. The van der Waals surface area contributed by atoms with E-state index < -0.39 is 0 Å². The molecule has 0 aromatic heterocycles. The fraction of sp³-hybridized carbons (Fsp3) is 0.0222. The summed E-state index contributed by atoms with van der Waals surface area (Å²) in [7, 11) is 1.64. The van der Waals surface area contributed by atoms with Crippen molar-refractivity contribution in [2.45, 2.75) is 6.42 Å². The fourth-order valence-corrected chi connectivity index (χ4v) is 7.57. The summed E-state index contributed by atoms with van der Waals surface area (Å²) < 4.78 is 0. The Kier molecular flexibility index (Phi) is 6.60. The Morgan fingerprint density at radius 2 is 0.878 bits per heavy atom. The molecule has 0 spiro atoms. The van der Waals surface area contributed by atoms with Gasteiger partial charge in [-0.25, -0.2) is 0 Å². The number of hydrogen-bond acceptors (Lipinski definition) is 3. The van der Waals surface area contributed by atoms with Crippen molar-refractivity contribution in [2.24, 2.45) is 0 Å². The molecule has 3 nitrogen and oxygen atoms in total. The zero-order valence-corrected chi connectivity index (χ0v) is 26.9. The van der Waals surface area contributed by atoms with E-state index in [4.69, 9.17) is 0 Å². The summed E-state index contributed by atoms with van der Waals surface area (Å²) >= 11 is 0. The number of aromatic hydroxyl groups is 3. The highest BCUT2D eigenvalue weighted by Crippen LogP contribution is 2.43. The van der Waals surface area contributed by atoms with Crippen LogP contribution in [0.15, 0.2) is 146 Å². The van der Waals surface area contributed by atoms with Crippen LogP contribution in [0.2, 0.25) is 0 Å². The lowest BCUT2D eigenvalue weighted by Gasteiger charge is -2.20. The lowest BCUT2D eigenvalue weighted by atomic mass is 9.82. The van der Waals surface area contributed by atoms with Crippen LogP contribution >= 0.6 is 0 Å². The van der Waals surface area contributed by atoms with Crippen molar-refractivity contribution in [1.29, 1.82) is 0 Å². The van der Waals surface area contributed by atoms with Crippen molar-refractivity contribution in [3.8, 4) is 28.4 Å². The molecule has 0 unspecified atom stereocenters. The van der Waals surface area contributed by atoms with Crippen LogP contribution in [-0.2, 0) is 6.42 Å². The Morgan fingerprint density at radius 1 is 0.408 bits per heavy atom. The number of benzene rings is 8. The molecule has 232 valence electrons. The van der Waals surface area contributed by atoms with Crippen LogP contribution in [0.5, 0.6) is 17.2 Å². The van der Waals surface area contributed by atoms with Gasteiger partial charge in [0.05, 0.1) is 0 Å². The average Bonchev–Trinajstić information content (AvgIpc) is 3.30. The van der Waals surface area contributed by atoms with E-state index in [9.17, 15) is 15.3 Å². The molecule has 0 fully saturated rings. The van der Waals surface area contributed by atoms with Gasteiger partial charge in [-0.3, -0.25) is 0 Å². The van der Waals surface area contributed by atoms with Crippen LogP contribution in [0, 0.1) is 0 Å². The standard InChI is InChI=1S/C45H31BO3/c46-42-44(48)41-39(43(47)45(42)49)25-37(34-17-14-27-8-2-5-11-30(27)22-34)38-24-33(32-16-13-26-7-1-4-10-29(26)21-32)19-20-36(38)40(41)35-18-15-28-9-3-6-12-31(28)23-35/h1-24,47-49H,25,46H2. The second-order valence-corrected chi connectivity index (χ2v) is 13.0. The smallest absolute Gasteiger partial charge is 0.161 e. The van der Waals surface area contributed by atoms with Gasteiger partial charge in [-0.1, -0.05) is 121 Å². The van der Waals surface area contributed by atoms with Gasteiger partial charge in [-0.05, 0) is 100 Å². The van der Waals surface area contributed by atoms with Gasteiger partial charge in [0.25, 0.3) is 0 Å². The van der Waals surface area contributed by atoms with Gasteiger partial charge >= 0.3 is 0 Å². The van der Waals surface area contributed by atoms with Gasteiger partial charge in [0.2, 0.25) is 0 Å². The molecule has 9 rings (SSSR count). The lowest BCUT2D eigenvalue weighted by Crippen LogP contribution is -2.30. The van der Waals surface area contributed by atoms with Gasteiger partial charge in [0.1, 0.15) is 13.6 Å². The van der Waals surface area contributed by atoms with Crippen LogP contribution in [-0.4, -0.2) is 23.2 Å². The average molecular weight is 631 g/mol. The predicted molar refractivity (Wildman–Crippen MR) is 204 cm³/mol. The highest BCUT2D eigenvalue weighted by atomic mass is 16.3. The van der Waals surface area contributed by atoms with Crippen LogP contribution in [0.25, 0.3) is 54.6 Å². The van der Waals surface area contributed by atoms with E-state index in [-0.39, 0.29) is 22.7 Å². The lowest BCUT2D eigenvalue weighted by molar-refractivity contribution is 0.397. The Bertz CT molecular complexity index is 2800.